The molecular formula is C20H19F2N5O2. The molecule has 1 aromatic heterocycles. The van der Waals surface area contributed by atoms with E-state index in [1.165, 1.54) is 6.20 Å². The number of aryl methyl sites for hydroxylation is 1. The molecule has 0 radical (unpaired) electrons. The van der Waals surface area contributed by atoms with E-state index in [0.29, 0.717) is 12.1 Å². The predicted octanol–water partition coefficient (Wildman–Crippen LogP) is 3.65. The molecule has 0 bridgehead atoms. The van der Waals surface area contributed by atoms with Crippen LogP contribution in [0.3, 0.4) is 0 Å². The fourth-order valence-electron chi connectivity index (χ4n) is 2.62. The Morgan fingerprint density at radius 1 is 1.31 bits per heavy atom. The van der Waals surface area contributed by atoms with E-state index in [-0.39, 0.29) is 17.3 Å². The van der Waals surface area contributed by atoms with Gasteiger partial charge >= 0.3 is 0 Å². The monoisotopic (exact) mass is 399 g/mol. The second kappa shape index (κ2) is 8.51. The van der Waals surface area contributed by atoms with E-state index in [1.807, 2.05) is 19.1 Å². The van der Waals surface area contributed by atoms with Gasteiger partial charge in [0.25, 0.3) is 5.89 Å². The second-order valence-corrected chi connectivity index (χ2v) is 6.19. The summed E-state index contributed by atoms with van der Waals surface area (Å²) in [4.78, 5) is 8.10. The average molecular weight is 399 g/mol. The summed E-state index contributed by atoms with van der Waals surface area (Å²) in [5, 5.41) is 16.5. The molecule has 0 saturated heterocycles. The Labute approximate surface area is 165 Å². The van der Waals surface area contributed by atoms with Gasteiger partial charge in [-0.2, -0.15) is 4.98 Å². The number of aliphatic imine (C=N–C) groups is 1. The standard InChI is InChI=1S/C20H19F2N5O2/c1-11-3-4-13(7-16(11)25-10-12(8-23)9-24-2)19-26-20(29-27-19)14-5-6-15(21)18(28)17(14)22/h3-9,25,28H,10,23H2,1-2H3/b12-8+,24-9?. The quantitative estimate of drug-likeness (QED) is 0.546. The summed E-state index contributed by atoms with van der Waals surface area (Å²) in [6, 6.07) is 7.53. The highest BCUT2D eigenvalue weighted by molar-refractivity contribution is 5.80. The van der Waals surface area contributed by atoms with Crippen molar-refractivity contribution in [3.8, 4) is 28.6 Å². The lowest BCUT2D eigenvalue weighted by molar-refractivity contribution is 0.392. The van der Waals surface area contributed by atoms with Crippen molar-refractivity contribution < 1.29 is 18.4 Å². The van der Waals surface area contributed by atoms with E-state index in [2.05, 4.69) is 20.4 Å². The molecule has 29 heavy (non-hydrogen) atoms. The summed E-state index contributed by atoms with van der Waals surface area (Å²) in [5.74, 6) is -3.28. The largest absolute Gasteiger partial charge is 0.503 e. The van der Waals surface area contributed by atoms with E-state index in [9.17, 15) is 13.9 Å². The molecule has 0 aliphatic rings. The summed E-state index contributed by atoms with van der Waals surface area (Å²) in [6.07, 6.45) is 3.13. The Hall–Kier alpha value is -3.75. The third-order valence-electron chi connectivity index (χ3n) is 4.21. The van der Waals surface area contributed by atoms with Gasteiger partial charge in [-0.25, -0.2) is 8.78 Å². The van der Waals surface area contributed by atoms with E-state index in [4.69, 9.17) is 10.3 Å². The summed E-state index contributed by atoms with van der Waals surface area (Å²) in [5.41, 5.74) is 8.63. The van der Waals surface area contributed by atoms with Crippen LogP contribution in [0.2, 0.25) is 0 Å². The van der Waals surface area contributed by atoms with E-state index in [1.54, 1.807) is 19.3 Å². The van der Waals surface area contributed by atoms with Gasteiger partial charge in [0.1, 0.15) is 0 Å². The van der Waals surface area contributed by atoms with Crippen LogP contribution >= 0.6 is 0 Å². The van der Waals surface area contributed by atoms with Crippen LogP contribution in [0.25, 0.3) is 22.8 Å². The number of aromatic nitrogens is 2. The molecule has 9 heteroatoms. The smallest absolute Gasteiger partial charge is 0.261 e. The number of nitrogens with one attached hydrogen (secondary N) is 1. The predicted molar refractivity (Wildman–Crippen MR) is 107 cm³/mol. The number of nitrogens with zero attached hydrogens (tertiary/aromatic N) is 3. The van der Waals surface area contributed by atoms with Crippen LogP contribution in [0, 0.1) is 18.6 Å². The van der Waals surface area contributed by atoms with Crippen molar-refractivity contribution in [2.24, 2.45) is 10.7 Å². The maximum Gasteiger partial charge on any atom is 0.261 e. The molecule has 3 rings (SSSR count). The first-order chi connectivity index (χ1) is 13.9. The number of nitrogens with two attached hydrogens (primary N) is 1. The van der Waals surface area contributed by atoms with Gasteiger partial charge in [0, 0.05) is 42.8 Å². The second-order valence-electron chi connectivity index (χ2n) is 6.19. The summed E-state index contributed by atoms with van der Waals surface area (Å²) >= 11 is 0. The molecule has 2 aromatic carbocycles. The third kappa shape index (κ3) is 4.23. The Balaban J connectivity index is 1.88. The van der Waals surface area contributed by atoms with Crippen molar-refractivity contribution >= 4 is 11.9 Å². The number of anilines is 1. The van der Waals surface area contributed by atoms with Gasteiger partial charge in [-0.1, -0.05) is 17.3 Å². The normalized spacial score (nSPS) is 11.9. The zero-order valence-electron chi connectivity index (χ0n) is 15.8. The first kappa shape index (κ1) is 20.0. The minimum atomic E-state index is -1.16. The molecule has 150 valence electrons. The maximum atomic E-state index is 14.1. The lowest BCUT2D eigenvalue weighted by Gasteiger charge is -2.10. The molecule has 0 fully saturated rings. The van der Waals surface area contributed by atoms with Crippen LogP contribution in [0.1, 0.15) is 5.56 Å². The molecule has 1 heterocycles. The highest BCUT2D eigenvalue weighted by Gasteiger charge is 2.19. The number of halogens is 2. The minimum absolute atomic E-state index is 0.171. The van der Waals surface area contributed by atoms with Gasteiger partial charge in [-0.15, -0.1) is 0 Å². The minimum Gasteiger partial charge on any atom is -0.503 e. The Kier molecular flexibility index (Phi) is 5.87. The van der Waals surface area contributed by atoms with Gasteiger partial charge in [-0.3, -0.25) is 4.99 Å². The van der Waals surface area contributed by atoms with Crippen molar-refractivity contribution in [3.63, 3.8) is 0 Å². The lowest BCUT2D eigenvalue weighted by atomic mass is 10.1. The van der Waals surface area contributed by atoms with Gasteiger partial charge in [0.15, 0.2) is 17.4 Å². The Bertz CT molecular complexity index is 1090. The van der Waals surface area contributed by atoms with Gasteiger partial charge < -0.3 is 20.7 Å². The van der Waals surface area contributed by atoms with Crippen LogP contribution in [-0.2, 0) is 0 Å². The summed E-state index contributed by atoms with van der Waals surface area (Å²) in [7, 11) is 1.66. The molecule has 0 aliphatic carbocycles. The van der Waals surface area contributed by atoms with Crippen LogP contribution in [-0.4, -0.2) is 35.1 Å². The van der Waals surface area contributed by atoms with Crippen molar-refractivity contribution in [2.75, 3.05) is 18.9 Å². The Morgan fingerprint density at radius 3 is 2.83 bits per heavy atom. The molecule has 0 aliphatic heterocycles. The van der Waals surface area contributed by atoms with Gasteiger partial charge in [0.05, 0.1) is 5.56 Å². The fraction of sp³-hybridized carbons (Fsp3) is 0.150. The SMILES string of the molecule is CN=C/C(=C\N)CNc1cc(-c2noc(-c3ccc(F)c(O)c3F)n2)ccc1C. The number of rotatable bonds is 6. The van der Waals surface area contributed by atoms with Gasteiger partial charge in [-0.05, 0) is 30.7 Å². The number of phenolic OH excluding ortho intramolecular Hbond substituents is 1. The van der Waals surface area contributed by atoms with Crippen LogP contribution in [0.4, 0.5) is 14.5 Å². The molecule has 7 nitrogen and oxygen atoms in total. The van der Waals surface area contributed by atoms with Crippen LogP contribution in [0.5, 0.6) is 5.75 Å². The number of aromatic hydroxyl groups is 1. The summed E-state index contributed by atoms with van der Waals surface area (Å²) < 4.78 is 32.4. The number of benzene rings is 2. The molecule has 4 N–H and O–H groups in total. The molecule has 0 amide bonds. The third-order valence-corrected chi connectivity index (χ3v) is 4.21. The van der Waals surface area contributed by atoms with E-state index >= 15 is 0 Å². The van der Waals surface area contributed by atoms with Crippen LogP contribution in [0.15, 0.2) is 51.6 Å². The van der Waals surface area contributed by atoms with E-state index in [0.717, 1.165) is 29.0 Å². The lowest BCUT2D eigenvalue weighted by Crippen LogP contribution is -2.08. The van der Waals surface area contributed by atoms with Crippen molar-refractivity contribution in [1.82, 2.24) is 10.1 Å². The van der Waals surface area contributed by atoms with Gasteiger partial charge in [0.2, 0.25) is 5.82 Å². The average Bonchev–Trinajstić information content (AvgIpc) is 3.20. The highest BCUT2D eigenvalue weighted by Crippen LogP contribution is 2.31. The Morgan fingerprint density at radius 2 is 2.10 bits per heavy atom. The molecular weight excluding hydrogens is 380 g/mol. The zero-order valence-corrected chi connectivity index (χ0v) is 15.8. The molecule has 0 saturated carbocycles. The maximum absolute atomic E-state index is 14.1. The molecule has 0 atom stereocenters. The fourth-order valence-corrected chi connectivity index (χ4v) is 2.62. The first-order valence-electron chi connectivity index (χ1n) is 8.63. The molecule has 3 aromatic rings. The van der Waals surface area contributed by atoms with Crippen LogP contribution < -0.4 is 11.1 Å². The van der Waals surface area contributed by atoms with Crippen molar-refractivity contribution in [1.29, 1.82) is 0 Å². The van der Waals surface area contributed by atoms with Crippen molar-refractivity contribution in [2.45, 2.75) is 6.92 Å². The zero-order chi connectivity index (χ0) is 21.0. The molecule has 0 unspecified atom stereocenters. The highest BCUT2D eigenvalue weighted by atomic mass is 19.1. The number of phenols is 1. The van der Waals surface area contributed by atoms with Crippen molar-refractivity contribution in [3.05, 3.63) is 59.3 Å². The number of hydrogen-bond acceptors (Lipinski definition) is 7. The number of hydrogen-bond donors (Lipinski definition) is 3. The summed E-state index contributed by atoms with van der Waals surface area (Å²) in [6.45, 7) is 2.40. The topological polar surface area (TPSA) is 110 Å². The van der Waals surface area contributed by atoms with E-state index < -0.39 is 17.4 Å². The molecule has 0 spiro atoms. The first-order valence-corrected chi connectivity index (χ1v) is 8.63.